The molecule has 0 amide bonds. The number of halogens is 3. The second-order valence-electron chi connectivity index (χ2n) is 5.85. The van der Waals surface area contributed by atoms with E-state index in [1.807, 2.05) is 30.3 Å². The van der Waals surface area contributed by atoms with Gasteiger partial charge in [0, 0.05) is 12.1 Å². The SMILES string of the molecule is FC(F)(F)c1ccc(Nc2ncnc3sc(Cc4ccccc4)nc23)cc1. The molecule has 2 aromatic carbocycles. The first-order chi connectivity index (χ1) is 13.0. The van der Waals surface area contributed by atoms with Crippen molar-refractivity contribution in [3.8, 4) is 0 Å². The minimum Gasteiger partial charge on any atom is -0.338 e. The Hall–Kier alpha value is -3.00. The smallest absolute Gasteiger partial charge is 0.338 e. The van der Waals surface area contributed by atoms with Gasteiger partial charge in [-0.3, -0.25) is 0 Å². The summed E-state index contributed by atoms with van der Waals surface area (Å²) in [6.07, 6.45) is -2.26. The highest BCUT2D eigenvalue weighted by Gasteiger charge is 2.29. The normalized spacial score (nSPS) is 11.7. The number of fused-ring (bicyclic) bond motifs is 1. The monoisotopic (exact) mass is 386 g/mol. The average molecular weight is 386 g/mol. The van der Waals surface area contributed by atoms with Crippen LogP contribution in [0.4, 0.5) is 24.7 Å². The third kappa shape index (κ3) is 3.90. The van der Waals surface area contributed by atoms with E-state index in [-0.39, 0.29) is 0 Å². The molecule has 2 aromatic heterocycles. The molecule has 0 aliphatic heterocycles. The fraction of sp³-hybridized carbons (Fsp3) is 0.105. The Bertz CT molecular complexity index is 1060. The van der Waals surface area contributed by atoms with Crippen LogP contribution in [-0.4, -0.2) is 15.0 Å². The van der Waals surface area contributed by atoms with Crippen LogP contribution in [-0.2, 0) is 12.6 Å². The number of hydrogen-bond donors (Lipinski definition) is 1. The summed E-state index contributed by atoms with van der Waals surface area (Å²) >= 11 is 1.47. The Balaban J connectivity index is 1.60. The lowest BCUT2D eigenvalue weighted by atomic mass is 10.2. The van der Waals surface area contributed by atoms with Gasteiger partial charge in [0.05, 0.1) is 10.6 Å². The summed E-state index contributed by atoms with van der Waals surface area (Å²) < 4.78 is 38.1. The van der Waals surface area contributed by atoms with Gasteiger partial charge in [0.2, 0.25) is 0 Å². The van der Waals surface area contributed by atoms with Crippen LogP contribution in [0.15, 0.2) is 60.9 Å². The van der Waals surface area contributed by atoms with Crippen molar-refractivity contribution in [1.29, 1.82) is 0 Å². The molecule has 0 spiro atoms. The van der Waals surface area contributed by atoms with Crippen molar-refractivity contribution < 1.29 is 13.2 Å². The van der Waals surface area contributed by atoms with Gasteiger partial charge in [-0.1, -0.05) is 41.7 Å². The summed E-state index contributed by atoms with van der Waals surface area (Å²) in [4.78, 5) is 13.8. The van der Waals surface area contributed by atoms with Gasteiger partial charge in [0.15, 0.2) is 5.82 Å². The Kier molecular flexibility index (Phi) is 4.49. The summed E-state index contributed by atoms with van der Waals surface area (Å²) in [5, 5.41) is 3.92. The molecule has 4 rings (SSSR count). The molecule has 0 radical (unpaired) electrons. The number of anilines is 2. The maximum atomic E-state index is 12.7. The van der Waals surface area contributed by atoms with Crippen molar-refractivity contribution in [3.05, 3.63) is 77.1 Å². The predicted octanol–water partition coefficient (Wildman–Crippen LogP) is 5.44. The van der Waals surface area contributed by atoms with Crippen molar-refractivity contribution in [1.82, 2.24) is 15.0 Å². The molecule has 0 aliphatic rings. The second-order valence-corrected chi connectivity index (χ2v) is 6.91. The van der Waals surface area contributed by atoms with E-state index in [2.05, 4.69) is 20.3 Å². The fourth-order valence-electron chi connectivity index (χ4n) is 2.61. The van der Waals surface area contributed by atoms with Crippen LogP contribution in [0.1, 0.15) is 16.1 Å². The van der Waals surface area contributed by atoms with Gasteiger partial charge in [0.25, 0.3) is 0 Å². The molecule has 0 fully saturated rings. The lowest BCUT2D eigenvalue weighted by Crippen LogP contribution is -2.04. The zero-order chi connectivity index (χ0) is 18.9. The van der Waals surface area contributed by atoms with Crippen LogP contribution in [0.5, 0.6) is 0 Å². The average Bonchev–Trinajstić information content (AvgIpc) is 3.06. The predicted molar refractivity (Wildman–Crippen MR) is 99.2 cm³/mol. The number of hydrogen-bond acceptors (Lipinski definition) is 5. The molecular weight excluding hydrogens is 373 g/mol. The fourth-order valence-corrected chi connectivity index (χ4v) is 3.55. The molecule has 8 heteroatoms. The number of benzene rings is 2. The molecule has 27 heavy (non-hydrogen) atoms. The van der Waals surface area contributed by atoms with E-state index in [0.29, 0.717) is 23.4 Å². The van der Waals surface area contributed by atoms with Crippen molar-refractivity contribution in [2.75, 3.05) is 5.32 Å². The largest absolute Gasteiger partial charge is 0.416 e. The maximum absolute atomic E-state index is 12.7. The van der Waals surface area contributed by atoms with Crippen LogP contribution in [0.2, 0.25) is 0 Å². The van der Waals surface area contributed by atoms with Crippen LogP contribution < -0.4 is 5.32 Å². The first kappa shape index (κ1) is 17.4. The Morgan fingerprint density at radius 1 is 0.926 bits per heavy atom. The van der Waals surface area contributed by atoms with E-state index in [9.17, 15) is 13.2 Å². The standard InChI is InChI=1S/C19H13F3N4S/c20-19(21,22)13-6-8-14(9-7-13)25-17-16-18(24-11-23-17)27-15(26-16)10-12-4-2-1-3-5-12/h1-9,11H,10H2,(H,23,24,25). The number of aromatic nitrogens is 3. The summed E-state index contributed by atoms with van der Waals surface area (Å²) in [6.45, 7) is 0. The van der Waals surface area contributed by atoms with Crippen molar-refractivity contribution in [2.45, 2.75) is 12.6 Å². The van der Waals surface area contributed by atoms with E-state index in [1.165, 1.54) is 29.8 Å². The Morgan fingerprint density at radius 3 is 2.37 bits per heavy atom. The van der Waals surface area contributed by atoms with E-state index in [4.69, 9.17) is 0 Å². The lowest BCUT2D eigenvalue weighted by Gasteiger charge is -2.09. The molecule has 2 heterocycles. The number of alkyl halides is 3. The molecule has 0 saturated carbocycles. The molecule has 4 aromatic rings. The third-order valence-corrected chi connectivity index (χ3v) is 4.88. The summed E-state index contributed by atoms with van der Waals surface area (Å²) in [5.74, 6) is 0.468. The number of nitrogens with one attached hydrogen (secondary N) is 1. The Morgan fingerprint density at radius 2 is 1.67 bits per heavy atom. The van der Waals surface area contributed by atoms with E-state index < -0.39 is 11.7 Å². The van der Waals surface area contributed by atoms with E-state index in [1.54, 1.807) is 0 Å². The zero-order valence-corrected chi connectivity index (χ0v) is 14.7. The summed E-state index contributed by atoms with van der Waals surface area (Å²) in [5.41, 5.74) is 1.55. The minimum atomic E-state index is -4.36. The van der Waals surface area contributed by atoms with Crippen LogP contribution in [0.3, 0.4) is 0 Å². The third-order valence-electron chi connectivity index (χ3n) is 3.91. The van der Waals surface area contributed by atoms with Gasteiger partial charge < -0.3 is 5.32 Å². The van der Waals surface area contributed by atoms with Crippen molar-refractivity contribution in [2.24, 2.45) is 0 Å². The van der Waals surface area contributed by atoms with Crippen molar-refractivity contribution >= 4 is 33.2 Å². The molecule has 136 valence electrons. The molecular formula is C19H13F3N4S. The molecule has 0 unspecified atom stereocenters. The van der Waals surface area contributed by atoms with Gasteiger partial charge in [-0.15, -0.1) is 0 Å². The molecule has 4 nitrogen and oxygen atoms in total. The van der Waals surface area contributed by atoms with E-state index >= 15 is 0 Å². The van der Waals surface area contributed by atoms with Crippen LogP contribution in [0.25, 0.3) is 10.3 Å². The molecule has 0 saturated heterocycles. The maximum Gasteiger partial charge on any atom is 0.416 e. The zero-order valence-electron chi connectivity index (χ0n) is 13.9. The Labute approximate surface area is 156 Å². The van der Waals surface area contributed by atoms with Gasteiger partial charge in [-0.05, 0) is 29.8 Å². The van der Waals surface area contributed by atoms with E-state index in [0.717, 1.165) is 27.5 Å². The highest BCUT2D eigenvalue weighted by molar-refractivity contribution is 7.18. The molecule has 1 N–H and O–H groups in total. The summed E-state index contributed by atoms with van der Waals surface area (Å²) in [6, 6.07) is 14.8. The molecule has 0 atom stereocenters. The summed E-state index contributed by atoms with van der Waals surface area (Å²) in [7, 11) is 0. The number of rotatable bonds is 4. The van der Waals surface area contributed by atoms with Gasteiger partial charge in [0.1, 0.15) is 16.7 Å². The number of thiazole rings is 1. The van der Waals surface area contributed by atoms with Crippen LogP contribution in [0, 0.1) is 0 Å². The quantitative estimate of drug-likeness (QED) is 0.507. The molecule has 0 aliphatic carbocycles. The highest BCUT2D eigenvalue weighted by Crippen LogP contribution is 2.31. The van der Waals surface area contributed by atoms with Crippen molar-refractivity contribution in [3.63, 3.8) is 0 Å². The minimum absolute atomic E-state index is 0.468. The molecule has 0 bridgehead atoms. The number of nitrogens with zero attached hydrogens (tertiary/aromatic N) is 3. The lowest BCUT2D eigenvalue weighted by molar-refractivity contribution is -0.137. The first-order valence-electron chi connectivity index (χ1n) is 8.08. The topological polar surface area (TPSA) is 50.7 Å². The van der Waals surface area contributed by atoms with Gasteiger partial charge in [-0.25, -0.2) is 15.0 Å². The van der Waals surface area contributed by atoms with Gasteiger partial charge >= 0.3 is 6.18 Å². The van der Waals surface area contributed by atoms with Gasteiger partial charge in [-0.2, -0.15) is 13.2 Å². The first-order valence-corrected chi connectivity index (χ1v) is 8.89. The highest BCUT2D eigenvalue weighted by atomic mass is 32.1. The van der Waals surface area contributed by atoms with Crippen LogP contribution >= 0.6 is 11.3 Å². The second kappa shape index (κ2) is 6.96.